The molecule has 0 spiro atoms. The van der Waals surface area contributed by atoms with E-state index in [-0.39, 0.29) is 11.6 Å². The number of para-hydroxylation sites is 2. The Balaban J connectivity index is 1.60. The number of phenolic OH excluding ortho intramolecular Hbond substituents is 1. The number of esters is 1. The van der Waals surface area contributed by atoms with Gasteiger partial charge in [0.15, 0.2) is 5.82 Å². The molecule has 1 fully saturated rings. The van der Waals surface area contributed by atoms with Crippen LogP contribution in [0.3, 0.4) is 0 Å². The Hall–Kier alpha value is -2.87. The van der Waals surface area contributed by atoms with Gasteiger partial charge in [-0.05, 0) is 23.6 Å². The molecular formula is C18H18N4O3S. The first-order valence-electron chi connectivity index (χ1n) is 8.29. The lowest BCUT2D eigenvalue weighted by Gasteiger charge is -2.37. The highest BCUT2D eigenvalue weighted by atomic mass is 32.1. The van der Waals surface area contributed by atoms with Crippen LogP contribution in [-0.4, -0.2) is 54.3 Å². The first-order chi connectivity index (χ1) is 12.7. The Morgan fingerprint density at radius 3 is 2.58 bits per heavy atom. The van der Waals surface area contributed by atoms with Crippen molar-refractivity contribution in [2.24, 2.45) is 0 Å². The average molecular weight is 370 g/mol. The quantitative estimate of drug-likeness (QED) is 0.710. The second-order valence-electron chi connectivity index (χ2n) is 5.96. The molecule has 2 aromatic heterocycles. The van der Waals surface area contributed by atoms with Crippen LogP contribution in [0.5, 0.6) is 5.75 Å². The predicted octanol–water partition coefficient (Wildman–Crippen LogP) is 2.51. The van der Waals surface area contributed by atoms with Crippen LogP contribution >= 0.6 is 11.3 Å². The average Bonchev–Trinajstić information content (AvgIpc) is 3.16. The van der Waals surface area contributed by atoms with Gasteiger partial charge in [0.05, 0.1) is 23.0 Å². The van der Waals surface area contributed by atoms with E-state index in [0.29, 0.717) is 0 Å². The van der Waals surface area contributed by atoms with Crippen LogP contribution in [-0.2, 0) is 4.74 Å². The van der Waals surface area contributed by atoms with Crippen LogP contribution in [0, 0.1) is 0 Å². The van der Waals surface area contributed by atoms with Crippen LogP contribution < -0.4 is 9.80 Å². The molecule has 4 rings (SSSR count). The zero-order valence-electron chi connectivity index (χ0n) is 14.3. The maximum Gasteiger partial charge on any atom is 0.376 e. The van der Waals surface area contributed by atoms with E-state index in [9.17, 15) is 9.90 Å². The third kappa shape index (κ3) is 2.92. The fraction of sp³-hybridized carbons (Fsp3) is 0.278. The van der Waals surface area contributed by atoms with Crippen molar-refractivity contribution in [2.75, 3.05) is 43.1 Å². The van der Waals surface area contributed by atoms with Crippen LogP contribution in [0.2, 0.25) is 0 Å². The van der Waals surface area contributed by atoms with Crippen molar-refractivity contribution in [3.05, 3.63) is 41.5 Å². The SMILES string of the molecule is COC(=O)c1nc(N2CCN(c3ccccc3O)CC2)c2sccc2n1. The van der Waals surface area contributed by atoms with Gasteiger partial charge in [-0.3, -0.25) is 0 Å². The highest BCUT2D eigenvalue weighted by molar-refractivity contribution is 7.17. The van der Waals surface area contributed by atoms with E-state index in [0.717, 1.165) is 47.9 Å². The van der Waals surface area contributed by atoms with Gasteiger partial charge in [-0.2, -0.15) is 0 Å². The molecule has 0 bridgehead atoms. The number of hydrogen-bond donors (Lipinski definition) is 1. The van der Waals surface area contributed by atoms with Gasteiger partial charge in [-0.1, -0.05) is 12.1 Å². The predicted molar refractivity (Wildman–Crippen MR) is 101 cm³/mol. The molecule has 0 amide bonds. The van der Waals surface area contributed by atoms with Crippen molar-refractivity contribution >= 4 is 39.0 Å². The number of ether oxygens (including phenoxy) is 1. The Morgan fingerprint density at radius 2 is 1.85 bits per heavy atom. The van der Waals surface area contributed by atoms with E-state index in [1.165, 1.54) is 7.11 Å². The molecule has 1 aliphatic heterocycles. The third-order valence-electron chi connectivity index (χ3n) is 4.46. The number of thiophene rings is 1. The summed E-state index contributed by atoms with van der Waals surface area (Å²) in [5.74, 6) is 0.600. The van der Waals surface area contributed by atoms with Crippen molar-refractivity contribution in [3.63, 3.8) is 0 Å². The third-order valence-corrected chi connectivity index (χ3v) is 5.35. The monoisotopic (exact) mass is 370 g/mol. The first-order valence-corrected chi connectivity index (χ1v) is 9.17. The summed E-state index contributed by atoms with van der Waals surface area (Å²) < 4.78 is 5.74. The number of anilines is 2. The van der Waals surface area contributed by atoms with Crippen molar-refractivity contribution in [1.82, 2.24) is 9.97 Å². The molecule has 0 atom stereocenters. The molecule has 0 unspecified atom stereocenters. The number of piperazine rings is 1. The summed E-state index contributed by atoms with van der Waals surface area (Å²) in [6.07, 6.45) is 0. The maximum atomic E-state index is 11.9. The molecule has 134 valence electrons. The summed E-state index contributed by atoms with van der Waals surface area (Å²) in [5.41, 5.74) is 1.59. The van der Waals surface area contributed by atoms with Gasteiger partial charge in [0.2, 0.25) is 5.82 Å². The minimum atomic E-state index is -0.535. The molecular weight excluding hydrogens is 352 g/mol. The minimum absolute atomic E-state index is 0.0801. The summed E-state index contributed by atoms with van der Waals surface area (Å²) >= 11 is 1.56. The number of phenols is 1. The molecule has 0 saturated carbocycles. The normalized spacial score (nSPS) is 14.7. The summed E-state index contributed by atoms with van der Waals surface area (Å²) in [7, 11) is 1.33. The molecule has 0 radical (unpaired) electrons. The smallest absolute Gasteiger partial charge is 0.376 e. The molecule has 1 N–H and O–H groups in total. The fourth-order valence-corrected chi connectivity index (χ4v) is 3.98. The van der Waals surface area contributed by atoms with Crippen molar-refractivity contribution in [1.29, 1.82) is 0 Å². The van der Waals surface area contributed by atoms with Gasteiger partial charge >= 0.3 is 5.97 Å². The summed E-state index contributed by atoms with van der Waals surface area (Å²) in [5, 5.41) is 12.0. The summed E-state index contributed by atoms with van der Waals surface area (Å²) in [4.78, 5) is 25.0. The first kappa shape index (κ1) is 16.6. The van der Waals surface area contributed by atoms with Gasteiger partial charge in [-0.25, -0.2) is 14.8 Å². The highest BCUT2D eigenvalue weighted by Crippen LogP contribution is 2.32. The van der Waals surface area contributed by atoms with Crippen molar-refractivity contribution in [2.45, 2.75) is 0 Å². The molecule has 1 aliphatic rings. The Kier molecular flexibility index (Phi) is 4.34. The molecule has 0 aliphatic carbocycles. The number of carbonyl (C=O) groups is 1. The lowest BCUT2D eigenvalue weighted by Crippen LogP contribution is -2.47. The molecule has 1 aromatic carbocycles. The number of fused-ring (bicyclic) bond motifs is 1. The maximum absolute atomic E-state index is 11.9. The van der Waals surface area contributed by atoms with E-state index in [1.807, 2.05) is 29.6 Å². The lowest BCUT2D eigenvalue weighted by atomic mass is 10.2. The van der Waals surface area contributed by atoms with E-state index < -0.39 is 5.97 Å². The van der Waals surface area contributed by atoms with Gasteiger partial charge in [-0.15, -0.1) is 11.3 Å². The molecule has 26 heavy (non-hydrogen) atoms. The number of nitrogens with zero attached hydrogens (tertiary/aromatic N) is 4. The lowest BCUT2D eigenvalue weighted by molar-refractivity contribution is 0.0587. The standard InChI is InChI=1S/C18H18N4O3S/c1-25-18(24)16-19-12-6-11-26-15(12)17(20-16)22-9-7-21(8-10-22)13-4-2-3-5-14(13)23/h2-6,11,23H,7-10H2,1H3. The number of carbonyl (C=O) groups excluding carboxylic acids is 1. The summed E-state index contributed by atoms with van der Waals surface area (Å²) in [6, 6.07) is 9.24. The topological polar surface area (TPSA) is 78.8 Å². The van der Waals surface area contributed by atoms with E-state index >= 15 is 0 Å². The van der Waals surface area contributed by atoms with Crippen LogP contribution in [0.15, 0.2) is 35.7 Å². The van der Waals surface area contributed by atoms with Gasteiger partial charge in [0, 0.05) is 26.2 Å². The Labute approximate surface area is 154 Å². The second kappa shape index (κ2) is 6.80. The molecule has 3 heterocycles. The highest BCUT2D eigenvalue weighted by Gasteiger charge is 2.24. The number of aromatic hydroxyl groups is 1. The number of aromatic nitrogens is 2. The minimum Gasteiger partial charge on any atom is -0.506 e. The number of methoxy groups -OCH3 is 1. The molecule has 7 nitrogen and oxygen atoms in total. The molecule has 1 saturated heterocycles. The van der Waals surface area contributed by atoms with Gasteiger partial charge in [0.1, 0.15) is 5.75 Å². The van der Waals surface area contributed by atoms with Gasteiger partial charge < -0.3 is 19.6 Å². The number of benzene rings is 1. The number of hydrogen-bond acceptors (Lipinski definition) is 8. The zero-order chi connectivity index (χ0) is 18.1. The zero-order valence-corrected chi connectivity index (χ0v) is 15.1. The van der Waals surface area contributed by atoms with Crippen LogP contribution in [0.1, 0.15) is 10.6 Å². The largest absolute Gasteiger partial charge is 0.506 e. The van der Waals surface area contributed by atoms with Crippen molar-refractivity contribution < 1.29 is 14.6 Å². The van der Waals surface area contributed by atoms with E-state index in [2.05, 4.69) is 19.8 Å². The van der Waals surface area contributed by atoms with Crippen LogP contribution in [0.25, 0.3) is 10.2 Å². The molecule has 3 aromatic rings. The van der Waals surface area contributed by atoms with Crippen molar-refractivity contribution in [3.8, 4) is 5.75 Å². The Bertz CT molecular complexity index is 951. The van der Waals surface area contributed by atoms with Gasteiger partial charge in [0.25, 0.3) is 0 Å². The van der Waals surface area contributed by atoms with E-state index in [1.54, 1.807) is 17.4 Å². The van der Waals surface area contributed by atoms with E-state index in [4.69, 9.17) is 4.74 Å². The second-order valence-corrected chi connectivity index (χ2v) is 6.88. The molecule has 8 heteroatoms. The van der Waals surface area contributed by atoms with Crippen LogP contribution in [0.4, 0.5) is 11.5 Å². The summed E-state index contributed by atoms with van der Waals surface area (Å²) in [6.45, 7) is 2.97. The fourth-order valence-electron chi connectivity index (χ4n) is 3.14. The number of rotatable bonds is 3. The Morgan fingerprint density at radius 1 is 1.12 bits per heavy atom.